The van der Waals surface area contributed by atoms with Gasteiger partial charge in [0.25, 0.3) is 0 Å². The first-order valence-electron chi connectivity index (χ1n) is 44.5. The number of benzene rings is 4. The molecular formula is C93H130N18O19S2. The van der Waals surface area contributed by atoms with Crippen molar-refractivity contribution >= 4 is 143 Å². The number of aliphatic hydroxyl groups is 1. The highest BCUT2D eigenvalue weighted by molar-refractivity contribution is 8.77. The molecule has 0 saturated carbocycles. The van der Waals surface area contributed by atoms with Gasteiger partial charge >= 0.3 is 0 Å². The second-order valence-electron chi connectivity index (χ2n) is 35.4. The van der Waals surface area contributed by atoms with Gasteiger partial charge in [-0.05, 0) is 158 Å². The third-order valence-corrected chi connectivity index (χ3v) is 27.4. The van der Waals surface area contributed by atoms with Crippen LogP contribution in [0.1, 0.15) is 193 Å². The number of aromatic amines is 2. The Labute approximate surface area is 775 Å². The predicted octanol–water partition coefficient (Wildman–Crippen LogP) is 3.00. The summed E-state index contributed by atoms with van der Waals surface area (Å²) in [6, 6.07) is 10.2. The SMILES string of the molecule is CC(=O)CCCCC[C@@H]1NC(=O)[C@H](Cc2c[nH]c3c(C)cccc23)NC(=O)[C@H]([C@@H](C)O)NC(=O)[C@H](CC(N)=O)NC(=O)[C@@H](NC(C)=O)C(C)(C)SSC(C)(C)[C@@H](C(=O)C[C@@H](Cc2ccc(OCCN)cc2)C(=O)N[C@@H](Cc2ccc3ccccc3c2)C(=O)C[C@@](C)(CCCCN)C(=O)N[C@@H](CCCCNC(C)=O)C(=O)C[C@@H](CC(N)=O)C(=O)N[C@@H](Cc2cnc[nH]2)C(N)=O)NC1=O. The van der Waals surface area contributed by atoms with Crippen LogP contribution in [0.2, 0.25) is 0 Å². The maximum absolute atomic E-state index is 16.5. The van der Waals surface area contributed by atoms with Gasteiger partial charge in [0.05, 0.1) is 42.3 Å². The number of Topliss-reactive ketones (excluding diaryl/α,β-unsaturated/α-hetero) is 4. The Morgan fingerprint density at radius 3 is 1.91 bits per heavy atom. The van der Waals surface area contributed by atoms with E-state index in [2.05, 4.69) is 68.1 Å². The number of fused-ring (bicyclic) bond motifs is 2. The standard InChI is InChI=1S/C93H130N18O19S2/c1-52-21-20-25-66-63(49-101-78(52)66)42-71-86(125)104-68(27-13-11-12-22-53(2)112)85(124)111-80(91(6,7)131-132-92(8,9)81(103-56(5)115)89(128)108-72(47-77(97)120)87(126)110-79(54(3)113)88(127)107-71)74(117)44-61(39-57-29-32-65(33-30-57)130-38-36-95)83(122)105-69(41-58-28-31-59-23-14-15-24-60(59)40-58)75(118)48-93(10,34-17-18-35-94)90(129)109-67(26-16-19-37-100-55(4)114)73(116)43-62(45-76(96)119)84(123)106-70(82(98)121)46-64-50-99-51-102-64/h14-15,20-21,23-25,28-33,40,49-51,54,61-62,67-72,79-81,101,113H,11-13,16-19,22,26-27,34-39,41-48,94-95H2,1-10H3,(H2,96,119)(H2,97,120)(H2,98,121)(H,99,102)(H,100,114)(H,103,115)(H,104,125)(H,105,122)(H,106,123)(H,107,127)(H,108,128)(H,109,129)(H,110,126)(H,111,124)/t54-,61-,62+,67+,68+,69+,70+,71+,72+,79+,80-,81-,93-/m1/s1. The average molecular weight is 1870 g/mol. The van der Waals surface area contributed by atoms with Crippen molar-refractivity contribution in [3.63, 3.8) is 0 Å². The summed E-state index contributed by atoms with van der Waals surface area (Å²) in [6.45, 7) is 15.3. The number of rotatable bonds is 48. The number of H-pyrrole nitrogens is 2. The minimum atomic E-state index is -1.91. The fourth-order valence-corrected chi connectivity index (χ4v) is 18.6. The largest absolute Gasteiger partial charge is 0.492 e. The van der Waals surface area contributed by atoms with Gasteiger partial charge in [0.15, 0.2) is 17.3 Å². The molecule has 13 atom stereocenters. The summed E-state index contributed by atoms with van der Waals surface area (Å²) in [5, 5.41) is 40.7. The maximum atomic E-state index is 16.5. The summed E-state index contributed by atoms with van der Waals surface area (Å²) >= 11 is 0. The number of imidazole rings is 1. The van der Waals surface area contributed by atoms with Crippen LogP contribution in [0.15, 0.2) is 104 Å². The molecule has 1 aliphatic rings. The third-order valence-electron chi connectivity index (χ3n) is 23.2. The number of aryl methyl sites for hydroxylation is 1. The number of ether oxygens (including phenoxy) is 1. The highest BCUT2D eigenvalue weighted by Gasteiger charge is 2.47. The highest BCUT2D eigenvalue weighted by atomic mass is 33.1. The van der Waals surface area contributed by atoms with E-state index in [0.29, 0.717) is 64.7 Å². The van der Waals surface area contributed by atoms with Crippen LogP contribution in [0.25, 0.3) is 21.7 Å². The number of hydrogen-bond acceptors (Lipinski definition) is 24. The van der Waals surface area contributed by atoms with Crippen molar-refractivity contribution in [2.24, 2.45) is 45.9 Å². The van der Waals surface area contributed by atoms with Gasteiger partial charge in [0.1, 0.15) is 60.4 Å². The van der Waals surface area contributed by atoms with E-state index in [1.807, 2.05) is 49.4 Å². The molecule has 0 unspecified atom stereocenters. The van der Waals surface area contributed by atoms with Crippen LogP contribution < -0.4 is 86.6 Å². The molecule has 1 saturated heterocycles. The van der Waals surface area contributed by atoms with E-state index in [4.69, 9.17) is 33.4 Å². The molecular weight excluding hydrogens is 1740 g/mol. The van der Waals surface area contributed by atoms with Gasteiger partial charge in [-0.2, -0.15) is 0 Å². The molecule has 7 rings (SSSR count). The molecule has 37 nitrogen and oxygen atoms in total. The second kappa shape index (κ2) is 51.2. The van der Waals surface area contributed by atoms with Gasteiger partial charge in [0, 0.05) is 116 Å². The van der Waals surface area contributed by atoms with Crippen LogP contribution in [0, 0.1) is 24.2 Å². The van der Waals surface area contributed by atoms with E-state index >= 15 is 28.8 Å². The van der Waals surface area contributed by atoms with Gasteiger partial charge in [-0.15, -0.1) is 0 Å². The monoisotopic (exact) mass is 1870 g/mol. The minimum absolute atomic E-state index is 0.0359. The number of hydrogen-bond donors (Lipinski definition) is 18. The summed E-state index contributed by atoms with van der Waals surface area (Å²) in [5.41, 5.74) is 30.7. The predicted molar refractivity (Wildman–Crippen MR) is 499 cm³/mol. The smallest absolute Gasteiger partial charge is 0.245 e. The van der Waals surface area contributed by atoms with Crippen molar-refractivity contribution in [2.75, 3.05) is 26.2 Å². The fraction of sp³-hybridized carbons (Fsp3) is 0.527. The minimum Gasteiger partial charge on any atom is -0.492 e. The molecule has 23 N–H and O–H groups in total. The maximum Gasteiger partial charge on any atom is 0.245 e. The van der Waals surface area contributed by atoms with E-state index in [1.54, 1.807) is 76.4 Å². The zero-order valence-electron chi connectivity index (χ0n) is 76.7. The summed E-state index contributed by atoms with van der Waals surface area (Å²) in [4.78, 5) is 255. The van der Waals surface area contributed by atoms with Gasteiger partial charge in [-0.3, -0.25) is 76.7 Å². The Kier molecular flexibility index (Phi) is 41.5. The van der Waals surface area contributed by atoms with Crippen LogP contribution in [0.3, 0.4) is 0 Å². The molecule has 0 bridgehead atoms. The number of ketones is 4. The lowest BCUT2D eigenvalue weighted by molar-refractivity contribution is -0.140. The van der Waals surface area contributed by atoms with Crippen LogP contribution >= 0.6 is 21.6 Å². The molecule has 3 heterocycles. The molecule has 1 fully saturated rings. The first kappa shape index (κ1) is 107. The molecule has 0 aliphatic carbocycles. The normalized spacial score (nSPS) is 19.2. The number of amides is 13. The van der Waals surface area contributed by atoms with Crippen molar-refractivity contribution < 1.29 is 91.4 Å². The number of nitrogens with one attached hydrogen (secondary N) is 12. The Morgan fingerprint density at radius 1 is 0.606 bits per heavy atom. The van der Waals surface area contributed by atoms with E-state index < -0.39 is 208 Å². The molecule has 132 heavy (non-hydrogen) atoms. The van der Waals surface area contributed by atoms with E-state index in [0.717, 1.165) is 51.8 Å². The van der Waals surface area contributed by atoms with E-state index in [9.17, 15) is 57.8 Å². The van der Waals surface area contributed by atoms with Gasteiger partial charge < -0.3 is 106 Å². The lowest BCUT2D eigenvalue weighted by Gasteiger charge is -2.39. The highest BCUT2D eigenvalue weighted by Crippen LogP contribution is 2.47. The Bertz CT molecular complexity index is 5060. The molecule has 13 amide bonds. The molecule has 718 valence electrons. The molecule has 1 aliphatic heterocycles. The number of aromatic nitrogens is 3. The summed E-state index contributed by atoms with van der Waals surface area (Å²) in [6.07, 6.45) is 0.0799. The summed E-state index contributed by atoms with van der Waals surface area (Å²) in [5.74, 6) is -16.9. The number of nitrogens with zero attached hydrogens (tertiary/aromatic N) is 1. The van der Waals surface area contributed by atoms with Crippen molar-refractivity contribution in [3.05, 3.63) is 132 Å². The van der Waals surface area contributed by atoms with Crippen molar-refractivity contribution in [2.45, 2.75) is 268 Å². The van der Waals surface area contributed by atoms with E-state index in [-0.39, 0.29) is 109 Å². The van der Waals surface area contributed by atoms with Gasteiger partial charge in [-0.25, -0.2) is 4.98 Å². The first-order valence-corrected chi connectivity index (χ1v) is 46.6. The second-order valence-corrected chi connectivity index (χ2v) is 38.8. The lowest BCUT2D eigenvalue weighted by Crippen LogP contribution is -2.63. The number of para-hydroxylation sites is 1. The molecule has 2 aromatic heterocycles. The van der Waals surface area contributed by atoms with Crippen LogP contribution in [-0.2, 0) is 107 Å². The topological polar surface area (TPSA) is 615 Å². The Balaban J connectivity index is 1.37. The molecule has 0 spiro atoms. The van der Waals surface area contributed by atoms with Crippen molar-refractivity contribution in [1.29, 1.82) is 0 Å². The Hall–Kier alpha value is -11.9. The van der Waals surface area contributed by atoms with Crippen LogP contribution in [0.5, 0.6) is 5.75 Å². The molecule has 39 heteroatoms. The summed E-state index contributed by atoms with van der Waals surface area (Å²) in [7, 11) is 1.91. The average Bonchev–Trinajstić information content (AvgIpc) is 1.50. The number of nitrogens with two attached hydrogens (primary N) is 5. The molecule has 0 radical (unpaired) electrons. The zero-order valence-corrected chi connectivity index (χ0v) is 78.3. The number of carbonyl (C=O) groups excluding carboxylic acids is 17. The van der Waals surface area contributed by atoms with Gasteiger partial charge in [-0.1, -0.05) is 121 Å². The van der Waals surface area contributed by atoms with Crippen LogP contribution in [-0.4, -0.2) is 216 Å². The van der Waals surface area contributed by atoms with E-state index in [1.165, 1.54) is 33.3 Å². The third kappa shape index (κ3) is 33.4. The van der Waals surface area contributed by atoms with Crippen molar-refractivity contribution in [1.82, 2.24) is 68.1 Å². The Morgan fingerprint density at radius 2 is 1.27 bits per heavy atom. The summed E-state index contributed by atoms with van der Waals surface area (Å²) < 4.78 is 2.72. The number of carbonyl (C=O) groups is 17. The van der Waals surface area contributed by atoms with Gasteiger partial charge in [0.2, 0.25) is 76.8 Å². The van der Waals surface area contributed by atoms with Crippen LogP contribution in [0.4, 0.5) is 0 Å². The quantitative estimate of drug-likeness (QED) is 0.0193. The lowest BCUT2D eigenvalue weighted by atomic mass is 9.77. The zero-order chi connectivity index (χ0) is 97.3. The first-order chi connectivity index (χ1) is 62.4. The van der Waals surface area contributed by atoms with Crippen molar-refractivity contribution in [3.8, 4) is 5.75 Å². The molecule has 6 aromatic rings. The number of unbranched alkanes of at least 4 members (excludes halogenated alkanes) is 4. The fourth-order valence-electron chi connectivity index (χ4n) is 15.7. The number of primary amides is 3. The number of aliphatic hydroxyl groups excluding tert-OH is 1. The molecule has 4 aromatic carbocycles.